The van der Waals surface area contributed by atoms with Crippen molar-refractivity contribution in [1.29, 1.82) is 0 Å². The van der Waals surface area contributed by atoms with Crippen LogP contribution in [0, 0.1) is 0 Å². The van der Waals surface area contributed by atoms with Crippen molar-refractivity contribution in [3.63, 3.8) is 0 Å². The molecule has 0 aliphatic rings. The average molecular weight is 453 g/mol. The van der Waals surface area contributed by atoms with Crippen LogP contribution in [-0.2, 0) is 0 Å². The normalized spacial score (nSPS) is 11.4. The molecule has 0 saturated carbocycles. The van der Waals surface area contributed by atoms with Crippen LogP contribution in [0.4, 0.5) is 0 Å². The van der Waals surface area contributed by atoms with Crippen LogP contribution in [0.3, 0.4) is 0 Å². The van der Waals surface area contributed by atoms with E-state index in [2.05, 4.69) is 83.0 Å². The summed E-state index contributed by atoms with van der Waals surface area (Å²) in [5, 5.41) is 11.2. The van der Waals surface area contributed by atoms with E-state index in [1.807, 2.05) is 57.8 Å². The zero-order chi connectivity index (χ0) is 23.2. The van der Waals surface area contributed by atoms with Crippen molar-refractivity contribution in [3.05, 3.63) is 121 Å². The van der Waals surface area contributed by atoms with Crippen LogP contribution in [0.5, 0.6) is 0 Å². The van der Waals surface area contributed by atoms with Gasteiger partial charge in [0.25, 0.3) is 0 Å². The lowest BCUT2D eigenvalue weighted by atomic mass is 10.0. The van der Waals surface area contributed by atoms with Gasteiger partial charge in [-0.1, -0.05) is 95.1 Å². The fourth-order valence-electron chi connectivity index (χ4n) is 4.78. The minimum atomic E-state index is 0.427. The first kappa shape index (κ1) is 19.6. The summed E-state index contributed by atoms with van der Waals surface area (Å²) in [6, 6.07) is 40.3. The van der Waals surface area contributed by atoms with Crippen molar-refractivity contribution in [2.45, 2.75) is 0 Å². The summed E-state index contributed by atoms with van der Waals surface area (Å²) in [7, 11) is 0. The first-order chi connectivity index (χ1) is 17.4. The minimum Gasteiger partial charge on any atom is -0.388 e. The van der Waals surface area contributed by atoms with Gasteiger partial charge in [-0.15, -0.1) is 0 Å². The van der Waals surface area contributed by atoms with Crippen molar-refractivity contribution >= 4 is 21.8 Å². The van der Waals surface area contributed by atoms with Crippen molar-refractivity contribution in [2.75, 3.05) is 0 Å². The number of benzene rings is 4. The highest BCUT2D eigenvalue weighted by molar-refractivity contribution is 6.10. The predicted octanol–water partition coefficient (Wildman–Crippen LogP) is 7.29. The van der Waals surface area contributed by atoms with Gasteiger partial charge in [-0.2, -0.15) is 0 Å². The molecule has 3 aromatic heterocycles. The molecule has 0 radical (unpaired) electrons. The molecule has 5 nitrogen and oxygen atoms in total. The molecule has 5 heteroatoms. The van der Waals surface area contributed by atoms with Crippen LogP contribution in [0.1, 0.15) is 0 Å². The quantitative estimate of drug-likeness (QED) is 0.282. The van der Waals surface area contributed by atoms with Gasteiger partial charge in [0.05, 0.1) is 16.7 Å². The molecule has 0 N–H and O–H groups in total. The van der Waals surface area contributed by atoms with Gasteiger partial charge < -0.3 is 4.42 Å². The second kappa shape index (κ2) is 7.85. The number of hydrogen-bond acceptors (Lipinski definition) is 3. The van der Waals surface area contributed by atoms with Crippen LogP contribution < -0.4 is 0 Å². The summed E-state index contributed by atoms with van der Waals surface area (Å²) < 4.78 is 10.2. The number of nitrogens with zero attached hydrogens (tertiary/aromatic N) is 4. The van der Waals surface area contributed by atoms with E-state index in [0.717, 1.165) is 33.1 Å². The largest absolute Gasteiger partial charge is 0.388 e. The van der Waals surface area contributed by atoms with Gasteiger partial charge in [-0.3, -0.25) is 9.13 Å². The molecule has 0 saturated heterocycles. The number of aromatic nitrogens is 4. The van der Waals surface area contributed by atoms with E-state index >= 15 is 0 Å². The van der Waals surface area contributed by atoms with Crippen molar-refractivity contribution in [2.24, 2.45) is 0 Å². The third kappa shape index (κ3) is 3.17. The van der Waals surface area contributed by atoms with Crippen molar-refractivity contribution in [1.82, 2.24) is 19.3 Å². The molecule has 0 aliphatic heterocycles. The van der Waals surface area contributed by atoms with Crippen molar-refractivity contribution < 1.29 is 4.42 Å². The third-order valence-electron chi connectivity index (χ3n) is 6.40. The van der Waals surface area contributed by atoms with Crippen LogP contribution in [-0.4, -0.2) is 19.3 Å². The second-order valence-corrected chi connectivity index (χ2v) is 8.45. The van der Waals surface area contributed by atoms with E-state index in [0.29, 0.717) is 12.0 Å². The fraction of sp³-hybridized carbons (Fsp3) is 0. The molecule has 0 fully saturated rings. The van der Waals surface area contributed by atoms with E-state index < -0.39 is 0 Å². The van der Waals surface area contributed by atoms with Crippen LogP contribution >= 0.6 is 0 Å². The Morgan fingerprint density at radius 3 is 2.03 bits per heavy atom. The highest BCUT2D eigenvalue weighted by atomic mass is 16.4. The first-order valence-corrected chi connectivity index (χ1v) is 11.5. The van der Waals surface area contributed by atoms with Gasteiger partial charge in [0.15, 0.2) is 0 Å². The van der Waals surface area contributed by atoms with E-state index in [-0.39, 0.29) is 0 Å². The molecule has 7 aromatic rings. The number of rotatable bonds is 4. The molecular formula is C30H20N4O. The Bertz CT molecular complexity index is 1790. The summed E-state index contributed by atoms with van der Waals surface area (Å²) in [5.74, 6) is 0. The Balaban J connectivity index is 1.39. The van der Waals surface area contributed by atoms with E-state index in [1.54, 1.807) is 0 Å². The zero-order valence-electron chi connectivity index (χ0n) is 18.7. The molecule has 0 bridgehead atoms. The van der Waals surface area contributed by atoms with E-state index in [9.17, 15) is 0 Å². The molecular weight excluding hydrogens is 432 g/mol. The topological polar surface area (TPSA) is 48.8 Å². The van der Waals surface area contributed by atoms with Gasteiger partial charge in [-0.05, 0) is 47.0 Å². The molecule has 0 spiro atoms. The SMILES string of the molecule is c1ccc(-c2ccc3c(c2)c2ccccc2n3-c2nnc(-n3cccc3-c3ccccc3)o2)cc1. The molecule has 0 aliphatic carbocycles. The second-order valence-electron chi connectivity index (χ2n) is 8.45. The lowest BCUT2D eigenvalue weighted by molar-refractivity contribution is 0.509. The monoisotopic (exact) mass is 452 g/mol. The number of fused-ring (bicyclic) bond motifs is 3. The lowest BCUT2D eigenvalue weighted by Gasteiger charge is -2.05. The van der Waals surface area contributed by atoms with Gasteiger partial charge in [0, 0.05) is 17.0 Å². The Kier molecular flexibility index (Phi) is 4.39. The fourth-order valence-corrected chi connectivity index (χ4v) is 4.78. The molecule has 0 atom stereocenters. The van der Waals surface area contributed by atoms with Crippen molar-refractivity contribution in [3.8, 4) is 34.4 Å². The Morgan fingerprint density at radius 2 is 1.20 bits per heavy atom. The lowest BCUT2D eigenvalue weighted by Crippen LogP contribution is -1.95. The summed E-state index contributed by atoms with van der Waals surface area (Å²) >= 11 is 0. The van der Waals surface area contributed by atoms with Crippen LogP contribution in [0.2, 0.25) is 0 Å². The maximum atomic E-state index is 6.27. The van der Waals surface area contributed by atoms with Gasteiger partial charge in [0.1, 0.15) is 0 Å². The highest BCUT2D eigenvalue weighted by Gasteiger charge is 2.19. The Morgan fingerprint density at radius 1 is 0.514 bits per heavy atom. The molecule has 0 amide bonds. The zero-order valence-corrected chi connectivity index (χ0v) is 18.7. The summed E-state index contributed by atoms with van der Waals surface area (Å²) in [5.41, 5.74) is 6.49. The first-order valence-electron chi connectivity index (χ1n) is 11.5. The van der Waals surface area contributed by atoms with E-state index in [1.165, 1.54) is 11.1 Å². The minimum absolute atomic E-state index is 0.427. The van der Waals surface area contributed by atoms with Gasteiger partial charge >= 0.3 is 12.0 Å². The van der Waals surface area contributed by atoms with E-state index in [4.69, 9.17) is 4.42 Å². The number of para-hydroxylation sites is 1. The Labute approximate surface area is 201 Å². The number of hydrogen-bond donors (Lipinski definition) is 0. The highest BCUT2D eigenvalue weighted by Crippen LogP contribution is 2.35. The van der Waals surface area contributed by atoms with Gasteiger partial charge in [0.2, 0.25) is 0 Å². The molecule has 35 heavy (non-hydrogen) atoms. The molecule has 7 rings (SSSR count). The van der Waals surface area contributed by atoms with Crippen LogP contribution in [0.15, 0.2) is 126 Å². The molecule has 166 valence electrons. The molecule has 0 unspecified atom stereocenters. The Hall–Kier alpha value is -4.90. The maximum Gasteiger partial charge on any atom is 0.328 e. The third-order valence-corrected chi connectivity index (χ3v) is 6.40. The smallest absolute Gasteiger partial charge is 0.328 e. The standard InChI is InChI=1S/C30H20N4O/c1-3-10-21(11-4-1)23-17-18-28-25(20-23)24-14-7-8-15-27(24)34(28)30-32-31-29(35-30)33-19-9-16-26(33)22-12-5-2-6-13-22/h1-20H. The summed E-state index contributed by atoms with van der Waals surface area (Å²) in [6.07, 6.45) is 1.94. The predicted molar refractivity (Wildman–Crippen MR) is 139 cm³/mol. The van der Waals surface area contributed by atoms with Gasteiger partial charge in [-0.25, -0.2) is 0 Å². The molecule has 3 heterocycles. The van der Waals surface area contributed by atoms with Crippen LogP contribution in [0.25, 0.3) is 56.2 Å². The molecule has 4 aromatic carbocycles. The summed E-state index contributed by atoms with van der Waals surface area (Å²) in [4.78, 5) is 0. The average Bonchev–Trinajstić information content (AvgIpc) is 3.66. The maximum absolute atomic E-state index is 6.27. The summed E-state index contributed by atoms with van der Waals surface area (Å²) in [6.45, 7) is 0.